The number of nitrogens with one attached hydrogen (secondary N) is 2. The molecule has 2 aromatic rings. The van der Waals surface area contributed by atoms with E-state index in [0.29, 0.717) is 32.9 Å². The summed E-state index contributed by atoms with van der Waals surface area (Å²) in [5.41, 5.74) is 2.01. The molecule has 0 spiro atoms. The molecule has 3 rings (SSSR count). The number of benzene rings is 2. The number of amides is 2. The second-order valence-electron chi connectivity index (χ2n) is 7.02. The summed E-state index contributed by atoms with van der Waals surface area (Å²) in [6, 6.07) is 13.9. The smallest absolute Gasteiger partial charge is 0.314 e. The zero-order chi connectivity index (χ0) is 20.5. The van der Waals surface area contributed by atoms with E-state index in [0.717, 1.165) is 24.4 Å². The van der Waals surface area contributed by atoms with Crippen LogP contribution in [0.3, 0.4) is 0 Å². The van der Waals surface area contributed by atoms with Crippen LogP contribution in [-0.4, -0.2) is 56.9 Å². The predicted octanol–water partition coefficient (Wildman–Crippen LogP) is 2.89. The van der Waals surface area contributed by atoms with Crippen molar-refractivity contribution < 1.29 is 18.7 Å². The fraction of sp³-hybridized carbons (Fsp3) is 0.409. The van der Waals surface area contributed by atoms with Crippen molar-refractivity contribution in [3.05, 3.63) is 65.5 Å². The highest BCUT2D eigenvalue weighted by Gasteiger charge is 2.23. The van der Waals surface area contributed by atoms with Crippen LogP contribution in [0.1, 0.15) is 17.2 Å². The molecule has 29 heavy (non-hydrogen) atoms. The highest BCUT2D eigenvalue weighted by atomic mass is 19.1. The van der Waals surface area contributed by atoms with Crippen molar-refractivity contribution in [2.45, 2.75) is 13.0 Å². The Morgan fingerprint density at radius 3 is 2.66 bits per heavy atom. The third kappa shape index (κ3) is 6.73. The van der Waals surface area contributed by atoms with Crippen molar-refractivity contribution in [2.24, 2.45) is 0 Å². The molecule has 1 saturated heterocycles. The van der Waals surface area contributed by atoms with E-state index in [1.165, 1.54) is 17.7 Å². The first-order valence-corrected chi connectivity index (χ1v) is 9.90. The van der Waals surface area contributed by atoms with E-state index >= 15 is 0 Å². The molecular weight excluding hydrogens is 373 g/mol. The lowest BCUT2D eigenvalue weighted by molar-refractivity contribution is 0.0166. The molecule has 1 unspecified atom stereocenters. The first-order valence-electron chi connectivity index (χ1n) is 9.90. The fourth-order valence-corrected chi connectivity index (χ4v) is 3.28. The molecule has 0 aromatic heterocycles. The van der Waals surface area contributed by atoms with Gasteiger partial charge in [-0.25, -0.2) is 9.18 Å². The minimum atomic E-state index is -0.279. The molecule has 7 heteroatoms. The molecule has 156 valence electrons. The van der Waals surface area contributed by atoms with Gasteiger partial charge in [-0.2, -0.15) is 0 Å². The molecule has 2 aromatic carbocycles. The Kier molecular flexibility index (Phi) is 7.84. The summed E-state index contributed by atoms with van der Waals surface area (Å²) in [5, 5.41) is 5.69. The molecule has 0 bridgehead atoms. The average Bonchev–Trinajstić information content (AvgIpc) is 2.73. The number of ether oxygens (including phenoxy) is 2. The van der Waals surface area contributed by atoms with Gasteiger partial charge in [0.1, 0.15) is 18.2 Å². The molecule has 0 aliphatic carbocycles. The van der Waals surface area contributed by atoms with E-state index in [2.05, 4.69) is 15.5 Å². The van der Waals surface area contributed by atoms with E-state index in [9.17, 15) is 9.18 Å². The molecule has 0 saturated carbocycles. The van der Waals surface area contributed by atoms with Gasteiger partial charge in [0.15, 0.2) is 0 Å². The number of carbonyl (C=O) groups is 1. The van der Waals surface area contributed by atoms with Gasteiger partial charge in [-0.05, 0) is 36.8 Å². The predicted molar refractivity (Wildman–Crippen MR) is 110 cm³/mol. The van der Waals surface area contributed by atoms with Gasteiger partial charge < -0.3 is 20.1 Å². The van der Waals surface area contributed by atoms with Crippen LogP contribution < -0.4 is 15.4 Å². The third-order valence-electron chi connectivity index (χ3n) is 4.85. The Morgan fingerprint density at radius 1 is 1.17 bits per heavy atom. The van der Waals surface area contributed by atoms with Gasteiger partial charge in [0, 0.05) is 19.6 Å². The molecule has 0 radical (unpaired) electrons. The van der Waals surface area contributed by atoms with Gasteiger partial charge in [0.25, 0.3) is 0 Å². The highest BCUT2D eigenvalue weighted by Crippen LogP contribution is 2.22. The molecule has 1 aliphatic rings. The molecule has 1 aliphatic heterocycles. The maximum Gasteiger partial charge on any atom is 0.314 e. The summed E-state index contributed by atoms with van der Waals surface area (Å²) >= 11 is 0. The minimum absolute atomic E-state index is 0.107. The van der Waals surface area contributed by atoms with Crippen LogP contribution >= 0.6 is 0 Å². The highest BCUT2D eigenvalue weighted by molar-refractivity contribution is 5.73. The van der Waals surface area contributed by atoms with Crippen LogP contribution in [-0.2, 0) is 4.74 Å². The van der Waals surface area contributed by atoms with Gasteiger partial charge in [0.05, 0.1) is 25.8 Å². The number of morpholine rings is 1. The zero-order valence-corrected chi connectivity index (χ0v) is 16.7. The van der Waals surface area contributed by atoms with Crippen LogP contribution in [0.15, 0.2) is 48.5 Å². The van der Waals surface area contributed by atoms with E-state index in [-0.39, 0.29) is 17.9 Å². The van der Waals surface area contributed by atoms with Gasteiger partial charge in [-0.1, -0.05) is 29.8 Å². The SMILES string of the molecule is Cc1ccc(OCCNC(=O)NCC(c2cccc(F)c2)N2CCOCC2)cc1. The maximum atomic E-state index is 13.7. The van der Waals surface area contributed by atoms with Crippen molar-refractivity contribution in [3.63, 3.8) is 0 Å². The summed E-state index contributed by atoms with van der Waals surface area (Å²) in [5.74, 6) is 0.495. The van der Waals surface area contributed by atoms with E-state index in [4.69, 9.17) is 9.47 Å². The van der Waals surface area contributed by atoms with Gasteiger partial charge >= 0.3 is 6.03 Å². The standard InChI is InChI=1S/C22H28FN3O3/c1-17-5-7-20(8-6-17)29-12-9-24-22(27)25-16-21(26-10-13-28-14-11-26)18-3-2-4-19(23)15-18/h2-8,15,21H,9-14,16H2,1H3,(H2,24,25,27). The second-order valence-corrected chi connectivity index (χ2v) is 7.02. The zero-order valence-electron chi connectivity index (χ0n) is 16.7. The number of urea groups is 1. The summed E-state index contributed by atoms with van der Waals surface area (Å²) in [6.07, 6.45) is 0. The lowest BCUT2D eigenvalue weighted by Gasteiger charge is -2.35. The van der Waals surface area contributed by atoms with Gasteiger partial charge in [0.2, 0.25) is 0 Å². The largest absolute Gasteiger partial charge is 0.492 e. The molecule has 1 fully saturated rings. The Hall–Kier alpha value is -2.64. The molecule has 1 heterocycles. The Bertz CT molecular complexity index is 779. The normalized spacial score (nSPS) is 15.5. The van der Waals surface area contributed by atoms with E-state index in [1.807, 2.05) is 37.3 Å². The van der Waals surface area contributed by atoms with Crippen molar-refractivity contribution in [2.75, 3.05) is 46.0 Å². The van der Waals surface area contributed by atoms with Crippen LogP contribution in [0, 0.1) is 12.7 Å². The summed E-state index contributed by atoms with van der Waals surface area (Å²) in [7, 11) is 0. The molecule has 2 N–H and O–H groups in total. The molecule has 1 atom stereocenters. The fourth-order valence-electron chi connectivity index (χ4n) is 3.28. The van der Waals surface area contributed by atoms with Crippen LogP contribution in [0.5, 0.6) is 5.75 Å². The van der Waals surface area contributed by atoms with E-state index < -0.39 is 0 Å². The summed E-state index contributed by atoms with van der Waals surface area (Å²) in [6.45, 7) is 5.93. The van der Waals surface area contributed by atoms with Crippen LogP contribution in [0.25, 0.3) is 0 Å². The quantitative estimate of drug-likeness (QED) is 0.668. The second kappa shape index (κ2) is 10.8. The Morgan fingerprint density at radius 2 is 1.93 bits per heavy atom. The summed E-state index contributed by atoms with van der Waals surface area (Å²) < 4.78 is 24.7. The number of carbonyl (C=O) groups excluding carboxylic acids is 1. The number of hydrogen-bond donors (Lipinski definition) is 2. The topological polar surface area (TPSA) is 62.8 Å². The Labute approximate surface area is 171 Å². The lowest BCUT2D eigenvalue weighted by Crippen LogP contribution is -2.46. The van der Waals surface area contributed by atoms with Gasteiger partial charge in [-0.3, -0.25) is 4.90 Å². The molecular formula is C22H28FN3O3. The monoisotopic (exact) mass is 401 g/mol. The number of nitrogens with zero attached hydrogens (tertiary/aromatic N) is 1. The third-order valence-corrected chi connectivity index (χ3v) is 4.85. The van der Waals surface area contributed by atoms with Crippen molar-refractivity contribution in [1.82, 2.24) is 15.5 Å². The van der Waals surface area contributed by atoms with Crippen LogP contribution in [0.4, 0.5) is 9.18 Å². The van der Waals surface area contributed by atoms with Gasteiger partial charge in [-0.15, -0.1) is 0 Å². The van der Waals surface area contributed by atoms with Crippen molar-refractivity contribution >= 4 is 6.03 Å². The first-order chi connectivity index (χ1) is 14.1. The van der Waals surface area contributed by atoms with E-state index in [1.54, 1.807) is 6.07 Å². The first kappa shape index (κ1) is 21.1. The summed E-state index contributed by atoms with van der Waals surface area (Å²) in [4.78, 5) is 14.4. The average molecular weight is 401 g/mol. The lowest BCUT2D eigenvalue weighted by atomic mass is 10.0. The molecule has 6 nitrogen and oxygen atoms in total. The minimum Gasteiger partial charge on any atom is -0.492 e. The van der Waals surface area contributed by atoms with Crippen molar-refractivity contribution in [3.8, 4) is 5.75 Å². The number of rotatable bonds is 8. The Balaban J connectivity index is 1.46. The van der Waals surface area contributed by atoms with Crippen LogP contribution in [0.2, 0.25) is 0 Å². The maximum absolute atomic E-state index is 13.7. The molecule has 2 amide bonds. The number of aryl methyl sites for hydroxylation is 1. The number of halogens is 1. The number of hydrogen-bond acceptors (Lipinski definition) is 4. The van der Waals surface area contributed by atoms with Crippen molar-refractivity contribution in [1.29, 1.82) is 0 Å².